The van der Waals surface area contributed by atoms with E-state index >= 15 is 0 Å². The van der Waals surface area contributed by atoms with Gasteiger partial charge >= 0.3 is 11.9 Å². The predicted octanol–water partition coefficient (Wildman–Crippen LogP) is 3.27. The SMILES string of the molecule is CC(C)(C)OC(=O)CC[C@@H](CO)NC(=O)c1cccc(CNC(=O)[C@@]23C[C@H]4OC(=O)[C@@H]2N(Cc2cccc(C=COCCO)c2)O[C@@H]3[C@H]2OC3(Cc5ccccc5C3)O[C@H]24)c1. The van der Waals surface area contributed by atoms with Crippen LogP contribution in [0.2, 0.25) is 0 Å². The molecule has 2 aliphatic carbocycles. The van der Waals surface area contributed by atoms with E-state index < -0.39 is 77.1 Å². The van der Waals surface area contributed by atoms with Gasteiger partial charge in [-0.3, -0.25) is 24.0 Å². The minimum absolute atomic E-state index is 0.0207. The Balaban J connectivity index is 1.02. The second kappa shape index (κ2) is 17.3. The van der Waals surface area contributed by atoms with Gasteiger partial charge in [0.1, 0.15) is 42.0 Å². The normalized spacial score (nSPS) is 26.4. The lowest BCUT2D eigenvalue weighted by Crippen LogP contribution is -2.69. The number of carbonyl (C=O) groups is 4. The molecular formula is C46H53N3O12. The number of aliphatic hydroxyl groups is 2. The van der Waals surface area contributed by atoms with Crippen molar-refractivity contribution in [1.29, 1.82) is 0 Å². The quantitative estimate of drug-likeness (QED) is 0.0992. The third-order valence-corrected chi connectivity index (χ3v) is 11.9. The van der Waals surface area contributed by atoms with Crippen molar-refractivity contribution in [2.75, 3.05) is 19.8 Å². The lowest BCUT2D eigenvalue weighted by molar-refractivity contribution is -0.217. The van der Waals surface area contributed by atoms with E-state index in [1.54, 1.807) is 56.2 Å². The molecule has 1 saturated carbocycles. The van der Waals surface area contributed by atoms with Gasteiger partial charge in [-0.05, 0) is 73.2 Å². The number of ether oxygens (including phenoxy) is 5. The summed E-state index contributed by atoms with van der Waals surface area (Å²) in [5, 5.41) is 26.4. The number of benzene rings is 3. The summed E-state index contributed by atoms with van der Waals surface area (Å²) in [6.45, 7) is 5.18. The molecule has 15 heteroatoms. The van der Waals surface area contributed by atoms with Gasteiger partial charge in [-0.1, -0.05) is 60.7 Å². The molecule has 8 rings (SSSR count). The van der Waals surface area contributed by atoms with Crippen molar-refractivity contribution in [2.45, 2.75) is 114 Å². The van der Waals surface area contributed by atoms with Crippen molar-refractivity contribution in [3.63, 3.8) is 0 Å². The fraction of sp³-hybridized carbons (Fsp3) is 0.478. The van der Waals surface area contributed by atoms with Crippen LogP contribution in [-0.2, 0) is 68.8 Å². The molecule has 4 N–H and O–H groups in total. The van der Waals surface area contributed by atoms with Crippen LogP contribution in [0.15, 0.2) is 79.1 Å². The molecule has 1 spiro atoms. The van der Waals surface area contributed by atoms with Crippen LogP contribution in [0.5, 0.6) is 0 Å². The van der Waals surface area contributed by atoms with Crippen LogP contribution in [0, 0.1) is 5.41 Å². The third kappa shape index (κ3) is 8.81. The van der Waals surface area contributed by atoms with Crippen LogP contribution in [0.4, 0.5) is 0 Å². The lowest BCUT2D eigenvalue weighted by Gasteiger charge is -2.48. The van der Waals surface area contributed by atoms with Crippen LogP contribution < -0.4 is 10.6 Å². The number of amides is 2. The molecule has 3 heterocycles. The molecule has 7 atom stereocenters. The summed E-state index contributed by atoms with van der Waals surface area (Å²) in [5.41, 5.74) is 2.70. The van der Waals surface area contributed by atoms with Gasteiger partial charge in [0.2, 0.25) is 5.91 Å². The van der Waals surface area contributed by atoms with Crippen molar-refractivity contribution in [2.24, 2.45) is 5.41 Å². The van der Waals surface area contributed by atoms with Gasteiger partial charge in [0.15, 0.2) is 11.8 Å². The van der Waals surface area contributed by atoms with Gasteiger partial charge < -0.3 is 44.5 Å². The van der Waals surface area contributed by atoms with Crippen LogP contribution >= 0.6 is 0 Å². The summed E-state index contributed by atoms with van der Waals surface area (Å²) in [4.78, 5) is 61.5. The second-order valence-electron chi connectivity index (χ2n) is 17.4. The molecule has 61 heavy (non-hydrogen) atoms. The first-order valence-electron chi connectivity index (χ1n) is 20.8. The van der Waals surface area contributed by atoms with E-state index in [0.717, 1.165) is 22.3 Å². The number of carbonyl (C=O) groups excluding carboxylic acids is 4. The van der Waals surface area contributed by atoms with Crippen molar-refractivity contribution < 1.29 is 57.9 Å². The second-order valence-corrected chi connectivity index (χ2v) is 17.4. The number of fused-ring (bicyclic) bond motifs is 5. The van der Waals surface area contributed by atoms with Gasteiger partial charge in [-0.2, -0.15) is 5.06 Å². The predicted molar refractivity (Wildman–Crippen MR) is 218 cm³/mol. The molecule has 0 aromatic heterocycles. The molecule has 3 aromatic carbocycles. The molecule has 4 fully saturated rings. The number of nitrogens with zero attached hydrogens (tertiary/aromatic N) is 1. The number of hydrogen-bond donors (Lipinski definition) is 4. The Kier molecular flexibility index (Phi) is 12.1. The van der Waals surface area contributed by atoms with Crippen LogP contribution in [0.25, 0.3) is 6.08 Å². The Hall–Kier alpha value is -5.16. The minimum Gasteiger partial charge on any atom is -0.499 e. The maximum atomic E-state index is 14.9. The van der Waals surface area contributed by atoms with Gasteiger partial charge in [-0.25, -0.2) is 0 Å². The smallest absolute Gasteiger partial charge is 0.327 e. The number of hydrogen-bond acceptors (Lipinski definition) is 13. The fourth-order valence-corrected chi connectivity index (χ4v) is 9.31. The Morgan fingerprint density at radius 2 is 1.70 bits per heavy atom. The summed E-state index contributed by atoms with van der Waals surface area (Å²) >= 11 is 0. The van der Waals surface area contributed by atoms with Gasteiger partial charge in [0, 0.05) is 37.8 Å². The van der Waals surface area contributed by atoms with E-state index in [2.05, 4.69) is 10.6 Å². The highest BCUT2D eigenvalue weighted by molar-refractivity contribution is 5.95. The molecule has 0 unspecified atom stereocenters. The van der Waals surface area contributed by atoms with Gasteiger partial charge in [-0.15, -0.1) is 0 Å². The summed E-state index contributed by atoms with van der Waals surface area (Å²) in [5.74, 6) is -2.89. The Labute approximate surface area is 354 Å². The standard InChI is InChI=1S/C46H53N3O12/c1-44(2,3)58-36(52)15-14-34(27-51)48-41(53)31-13-7-9-29(21-31)25-47-43(55)46-24-35-37-38(60-45(59-37)22-32-11-4-5-12-33(32)23-45)40(46)61-49(39(46)42(54)57-35)26-30-10-6-8-28(20-30)16-18-56-19-17-50/h4-13,16,18,20-21,34-35,37-40,50-51H,14-15,17,19,22-27H2,1-3H3,(H,47,55)(H,48,53)/t34-,35+,37-,38-,39-,40+,46-/m0/s1. The Morgan fingerprint density at radius 3 is 2.44 bits per heavy atom. The summed E-state index contributed by atoms with van der Waals surface area (Å²) < 4.78 is 30.4. The number of rotatable bonds is 15. The molecule has 3 aliphatic heterocycles. The highest BCUT2D eigenvalue weighted by Gasteiger charge is 2.76. The minimum atomic E-state index is -1.42. The highest BCUT2D eigenvalue weighted by atomic mass is 16.8. The van der Waals surface area contributed by atoms with E-state index in [1.807, 2.05) is 48.5 Å². The first kappa shape index (κ1) is 42.5. The number of hydroxylamine groups is 2. The third-order valence-electron chi connectivity index (χ3n) is 11.9. The van der Waals surface area contributed by atoms with Crippen molar-refractivity contribution in [1.82, 2.24) is 15.7 Å². The molecule has 2 amide bonds. The van der Waals surface area contributed by atoms with Crippen LogP contribution in [-0.4, -0.2) is 107 Å². The molecule has 324 valence electrons. The monoisotopic (exact) mass is 839 g/mol. The van der Waals surface area contributed by atoms with Gasteiger partial charge in [0.05, 0.1) is 32.1 Å². The number of esters is 2. The van der Waals surface area contributed by atoms with Gasteiger partial charge in [0.25, 0.3) is 5.91 Å². The van der Waals surface area contributed by atoms with Crippen molar-refractivity contribution in [3.05, 3.63) is 112 Å². The lowest BCUT2D eigenvalue weighted by atomic mass is 9.62. The van der Waals surface area contributed by atoms with Crippen LogP contribution in [0.3, 0.4) is 0 Å². The van der Waals surface area contributed by atoms with Crippen molar-refractivity contribution >= 4 is 29.8 Å². The first-order valence-corrected chi connectivity index (χ1v) is 20.8. The van der Waals surface area contributed by atoms with E-state index in [4.69, 9.17) is 33.6 Å². The first-order chi connectivity index (χ1) is 29.3. The van der Waals surface area contributed by atoms with E-state index in [1.165, 1.54) is 6.26 Å². The largest absolute Gasteiger partial charge is 0.499 e. The number of aliphatic hydroxyl groups excluding tert-OH is 2. The van der Waals surface area contributed by atoms with Crippen molar-refractivity contribution in [3.8, 4) is 0 Å². The van der Waals surface area contributed by atoms with Crippen LogP contribution in [0.1, 0.15) is 78.2 Å². The van der Waals surface area contributed by atoms with E-state index in [0.29, 0.717) is 24.0 Å². The summed E-state index contributed by atoms with van der Waals surface area (Å²) in [6, 6.07) is 20.6. The molecular weight excluding hydrogens is 787 g/mol. The topological polar surface area (TPSA) is 191 Å². The Bertz CT molecular complexity index is 2150. The Morgan fingerprint density at radius 1 is 0.967 bits per heavy atom. The zero-order chi connectivity index (χ0) is 42.9. The van der Waals surface area contributed by atoms with E-state index in [-0.39, 0.29) is 52.2 Å². The average Bonchev–Trinajstić information content (AvgIpc) is 3.91. The summed E-state index contributed by atoms with van der Waals surface area (Å²) in [6.07, 6.45) is 1.56. The average molecular weight is 840 g/mol. The molecule has 0 radical (unpaired) electrons. The zero-order valence-electron chi connectivity index (χ0n) is 34.5. The molecule has 3 saturated heterocycles. The fourth-order valence-electron chi connectivity index (χ4n) is 9.31. The highest BCUT2D eigenvalue weighted by Crippen LogP contribution is 2.58. The molecule has 15 nitrogen and oxygen atoms in total. The number of nitrogens with one attached hydrogen (secondary N) is 2. The molecule has 2 bridgehead atoms. The maximum absolute atomic E-state index is 14.9. The molecule has 3 aromatic rings. The maximum Gasteiger partial charge on any atom is 0.327 e. The summed E-state index contributed by atoms with van der Waals surface area (Å²) in [7, 11) is 0. The zero-order valence-corrected chi connectivity index (χ0v) is 34.5. The molecule has 5 aliphatic rings. The van der Waals surface area contributed by atoms with E-state index in [9.17, 15) is 24.3 Å².